The van der Waals surface area contributed by atoms with Crippen molar-refractivity contribution in [2.24, 2.45) is 0 Å². The molecule has 0 aliphatic carbocycles. The Morgan fingerprint density at radius 1 is 0.679 bits per heavy atom. The third-order valence-electron chi connectivity index (χ3n) is 4.23. The Hall–Kier alpha value is -2.21. The molecular weight excluding hydrogens is 386 g/mol. The van der Waals surface area contributed by atoms with Gasteiger partial charge in [0.1, 0.15) is 0 Å². The SMILES string of the molecule is Nc1ccc2ccccc2c1OP(=O)([O-])Oc1c(N)ccc2ccccc12.[Na+]. The summed E-state index contributed by atoms with van der Waals surface area (Å²) >= 11 is 0. The van der Waals surface area contributed by atoms with Gasteiger partial charge in [0.05, 0.1) is 11.4 Å². The third-order valence-corrected chi connectivity index (χ3v) is 5.04. The predicted octanol–water partition coefficient (Wildman–Crippen LogP) is 1.09. The summed E-state index contributed by atoms with van der Waals surface area (Å²) in [7, 11) is -4.81. The van der Waals surface area contributed by atoms with Crippen LogP contribution >= 0.6 is 7.82 Å². The van der Waals surface area contributed by atoms with Crippen LogP contribution < -0.4 is 55.0 Å². The second-order valence-corrected chi connectivity index (χ2v) is 7.30. The predicted molar refractivity (Wildman–Crippen MR) is 106 cm³/mol. The molecule has 4 N–H and O–H groups in total. The van der Waals surface area contributed by atoms with Crippen molar-refractivity contribution in [3.63, 3.8) is 0 Å². The number of nitrogen functional groups attached to an aromatic ring is 2. The van der Waals surface area contributed by atoms with Gasteiger partial charge in [0, 0.05) is 10.8 Å². The molecule has 0 bridgehead atoms. The van der Waals surface area contributed by atoms with Gasteiger partial charge in [-0.05, 0) is 22.9 Å². The Labute approximate surface area is 184 Å². The van der Waals surface area contributed by atoms with E-state index in [-0.39, 0.29) is 52.4 Å². The summed E-state index contributed by atoms with van der Waals surface area (Å²) in [6, 6.07) is 21.1. The van der Waals surface area contributed by atoms with Crippen LogP contribution in [-0.2, 0) is 4.57 Å². The van der Waals surface area contributed by atoms with Crippen molar-refractivity contribution in [1.29, 1.82) is 0 Å². The number of fused-ring (bicyclic) bond motifs is 2. The van der Waals surface area contributed by atoms with E-state index in [4.69, 9.17) is 20.5 Å². The smallest absolute Gasteiger partial charge is 0.736 e. The Bertz CT molecular complexity index is 1120. The molecule has 0 heterocycles. The molecule has 4 rings (SSSR count). The number of phosphoric acid groups is 1. The van der Waals surface area contributed by atoms with Crippen LogP contribution in [0.1, 0.15) is 0 Å². The maximum atomic E-state index is 12.6. The monoisotopic (exact) mass is 402 g/mol. The topological polar surface area (TPSA) is 111 Å². The molecule has 8 heteroatoms. The molecule has 4 aromatic carbocycles. The molecule has 0 amide bonds. The Morgan fingerprint density at radius 2 is 1.07 bits per heavy atom. The fourth-order valence-corrected chi connectivity index (χ4v) is 3.86. The van der Waals surface area contributed by atoms with Gasteiger partial charge >= 0.3 is 37.4 Å². The van der Waals surface area contributed by atoms with Crippen molar-refractivity contribution in [3.05, 3.63) is 72.8 Å². The number of nitrogens with two attached hydrogens (primary N) is 2. The minimum absolute atomic E-state index is 0. The summed E-state index contributed by atoms with van der Waals surface area (Å²) < 4.78 is 23.1. The summed E-state index contributed by atoms with van der Waals surface area (Å²) in [4.78, 5) is 12.6. The van der Waals surface area contributed by atoms with Gasteiger partial charge in [0.2, 0.25) is 0 Å². The fraction of sp³-hybridized carbons (Fsp3) is 0. The van der Waals surface area contributed by atoms with Crippen molar-refractivity contribution in [3.8, 4) is 11.5 Å². The van der Waals surface area contributed by atoms with Gasteiger partial charge in [0.25, 0.3) is 0 Å². The molecule has 6 nitrogen and oxygen atoms in total. The molecule has 0 aromatic heterocycles. The summed E-state index contributed by atoms with van der Waals surface area (Å²) in [5, 5.41) is 2.74. The van der Waals surface area contributed by atoms with Crippen molar-refractivity contribution >= 4 is 40.7 Å². The normalized spacial score (nSPS) is 11.2. The average Bonchev–Trinajstić information content (AvgIpc) is 2.66. The zero-order valence-corrected chi connectivity index (χ0v) is 18.1. The van der Waals surface area contributed by atoms with Gasteiger partial charge in [-0.25, -0.2) is 4.57 Å². The first-order chi connectivity index (χ1) is 12.9. The van der Waals surface area contributed by atoms with Gasteiger partial charge in [-0.3, -0.25) is 0 Å². The maximum absolute atomic E-state index is 12.6. The van der Waals surface area contributed by atoms with Crippen LogP contribution in [-0.4, -0.2) is 0 Å². The average molecular weight is 402 g/mol. The molecule has 0 saturated heterocycles. The van der Waals surface area contributed by atoms with Crippen LogP contribution in [0.2, 0.25) is 0 Å². The summed E-state index contributed by atoms with van der Waals surface area (Å²) in [6.07, 6.45) is 0. The first kappa shape index (κ1) is 20.5. The van der Waals surface area contributed by atoms with Crippen molar-refractivity contribution in [2.45, 2.75) is 0 Å². The molecule has 0 spiro atoms. The van der Waals surface area contributed by atoms with E-state index in [0.717, 1.165) is 10.8 Å². The van der Waals surface area contributed by atoms with Crippen LogP contribution in [0.5, 0.6) is 11.5 Å². The molecule has 0 radical (unpaired) electrons. The first-order valence-corrected chi connectivity index (χ1v) is 9.65. The van der Waals surface area contributed by atoms with Crippen LogP contribution in [0.15, 0.2) is 72.8 Å². The third kappa shape index (κ3) is 3.97. The minimum Gasteiger partial charge on any atom is -0.736 e. The maximum Gasteiger partial charge on any atom is 1.00 e. The minimum atomic E-state index is -4.81. The molecule has 136 valence electrons. The Morgan fingerprint density at radius 3 is 1.50 bits per heavy atom. The second-order valence-electron chi connectivity index (χ2n) is 6.04. The first-order valence-electron chi connectivity index (χ1n) is 8.19. The summed E-state index contributed by atoms with van der Waals surface area (Å²) in [5.74, 6) is 0.0653. The number of hydrogen-bond donors (Lipinski definition) is 2. The molecule has 0 saturated carbocycles. The summed E-state index contributed by atoms with van der Waals surface area (Å²) in [6.45, 7) is 0. The molecule has 0 aliphatic rings. The number of hydrogen-bond acceptors (Lipinski definition) is 6. The van der Waals surface area contributed by atoms with E-state index >= 15 is 0 Å². The van der Waals surface area contributed by atoms with Crippen molar-refractivity contribution in [1.82, 2.24) is 0 Å². The van der Waals surface area contributed by atoms with Crippen LogP contribution in [0.3, 0.4) is 0 Å². The zero-order valence-electron chi connectivity index (χ0n) is 15.2. The van der Waals surface area contributed by atoms with E-state index in [0.29, 0.717) is 10.8 Å². The molecular formula is C20H16N2NaO4P. The van der Waals surface area contributed by atoms with Crippen LogP contribution in [0.4, 0.5) is 11.4 Å². The quantitative estimate of drug-likeness (QED) is 0.300. The molecule has 0 aliphatic heterocycles. The van der Waals surface area contributed by atoms with Gasteiger partial charge in [-0.15, -0.1) is 0 Å². The van der Waals surface area contributed by atoms with Crippen molar-refractivity contribution < 1.29 is 48.1 Å². The van der Waals surface area contributed by atoms with Gasteiger partial charge in [-0.1, -0.05) is 60.7 Å². The number of benzene rings is 4. The molecule has 0 unspecified atom stereocenters. The number of rotatable bonds is 4. The molecule has 0 atom stereocenters. The Kier molecular flexibility index (Phi) is 5.89. The van der Waals surface area contributed by atoms with E-state index in [9.17, 15) is 9.46 Å². The van der Waals surface area contributed by atoms with Crippen LogP contribution in [0, 0.1) is 0 Å². The van der Waals surface area contributed by atoms with E-state index in [1.807, 2.05) is 24.3 Å². The number of phosphoric ester groups is 1. The van der Waals surface area contributed by atoms with Gasteiger partial charge in [-0.2, -0.15) is 0 Å². The molecule has 28 heavy (non-hydrogen) atoms. The van der Waals surface area contributed by atoms with E-state index in [2.05, 4.69) is 0 Å². The van der Waals surface area contributed by atoms with E-state index < -0.39 is 7.82 Å². The fourth-order valence-electron chi connectivity index (χ4n) is 2.97. The summed E-state index contributed by atoms with van der Waals surface area (Å²) in [5.41, 5.74) is 12.3. The molecule has 4 aromatic rings. The standard InChI is InChI=1S/C20H17N2O4P.Na/c21-17-11-9-13-5-1-3-7-15(13)19(17)25-27(23,24)26-20-16-8-4-2-6-14(16)10-12-18(20)22;/h1-12H,21-22H2,(H,23,24);/q;+1/p-1. The van der Waals surface area contributed by atoms with Gasteiger partial charge in [0.15, 0.2) is 11.5 Å². The zero-order chi connectivity index (χ0) is 19.0. The second kappa shape index (κ2) is 8.03. The Balaban J connectivity index is 0.00000225. The van der Waals surface area contributed by atoms with Gasteiger partial charge < -0.3 is 25.4 Å². The largest absolute Gasteiger partial charge is 1.00 e. The molecule has 0 fully saturated rings. The van der Waals surface area contributed by atoms with Crippen LogP contribution in [0.25, 0.3) is 21.5 Å². The van der Waals surface area contributed by atoms with E-state index in [1.54, 1.807) is 48.5 Å². The van der Waals surface area contributed by atoms with E-state index in [1.165, 1.54) is 0 Å². The van der Waals surface area contributed by atoms with Crippen molar-refractivity contribution in [2.75, 3.05) is 11.5 Å². The number of anilines is 2.